The molecule has 0 atom stereocenters. The van der Waals surface area contributed by atoms with Crippen molar-refractivity contribution in [2.24, 2.45) is 0 Å². The van der Waals surface area contributed by atoms with Crippen LogP contribution in [0.15, 0.2) is 23.1 Å². The van der Waals surface area contributed by atoms with Crippen LogP contribution in [0, 0.1) is 0 Å². The lowest BCUT2D eigenvalue weighted by atomic mass is 10.2. The first-order valence-corrected chi connectivity index (χ1v) is 5.25. The molecule has 0 aliphatic heterocycles. The predicted octanol–water partition coefficient (Wildman–Crippen LogP) is 2.20. The Morgan fingerprint density at radius 1 is 1.36 bits per heavy atom. The lowest BCUT2D eigenvalue weighted by Crippen LogP contribution is -2.01. The van der Waals surface area contributed by atoms with E-state index in [0.717, 1.165) is 4.90 Å². The third kappa shape index (κ3) is 2.20. The monoisotopic (exact) mass is 212 g/mol. The Morgan fingerprint density at radius 3 is 2.57 bits per heavy atom. The fraction of sp³-hybridized carbons (Fsp3) is 0.300. The third-order valence-electron chi connectivity index (χ3n) is 1.80. The van der Waals surface area contributed by atoms with Crippen LogP contribution in [0.4, 0.5) is 0 Å². The number of carbonyl (C=O) groups is 1. The van der Waals surface area contributed by atoms with E-state index < -0.39 is 0 Å². The molecule has 0 unspecified atom stereocenters. The van der Waals surface area contributed by atoms with Crippen molar-refractivity contribution in [3.05, 3.63) is 23.8 Å². The van der Waals surface area contributed by atoms with Gasteiger partial charge in [0.25, 0.3) is 0 Å². The average molecular weight is 212 g/mol. The minimum atomic E-state index is -0.351. The summed E-state index contributed by atoms with van der Waals surface area (Å²) in [5.74, 6) is 0.344. The highest BCUT2D eigenvalue weighted by Crippen LogP contribution is 2.28. The molecule has 0 N–H and O–H groups in total. The number of carbonyl (C=O) groups excluding carboxylic acids is 1. The van der Waals surface area contributed by atoms with Gasteiger partial charge in [-0.15, -0.1) is 11.8 Å². The van der Waals surface area contributed by atoms with Crippen LogP contribution >= 0.6 is 11.8 Å². The maximum atomic E-state index is 11.2. The zero-order valence-electron chi connectivity index (χ0n) is 8.37. The summed E-state index contributed by atoms with van der Waals surface area (Å²) in [6.45, 7) is 0. The van der Waals surface area contributed by atoms with Crippen LogP contribution in [0.3, 0.4) is 0 Å². The van der Waals surface area contributed by atoms with Crippen molar-refractivity contribution < 1.29 is 14.3 Å². The molecule has 0 radical (unpaired) electrons. The number of hydrogen-bond donors (Lipinski definition) is 0. The van der Waals surface area contributed by atoms with Crippen molar-refractivity contribution >= 4 is 17.7 Å². The number of benzene rings is 1. The maximum absolute atomic E-state index is 11.2. The Bertz CT molecular complexity index is 336. The summed E-state index contributed by atoms with van der Waals surface area (Å²) in [6.07, 6.45) is 1.95. The van der Waals surface area contributed by atoms with Crippen LogP contribution in [0.1, 0.15) is 10.4 Å². The smallest absolute Gasteiger partial charge is 0.337 e. The van der Waals surface area contributed by atoms with Crippen LogP contribution in [0.25, 0.3) is 0 Å². The van der Waals surface area contributed by atoms with Crippen molar-refractivity contribution in [2.45, 2.75) is 4.90 Å². The molecule has 0 aliphatic rings. The summed E-state index contributed by atoms with van der Waals surface area (Å²) >= 11 is 1.57. The fourth-order valence-electron chi connectivity index (χ4n) is 1.08. The van der Waals surface area contributed by atoms with Gasteiger partial charge in [0, 0.05) is 4.90 Å². The summed E-state index contributed by atoms with van der Waals surface area (Å²) in [5.41, 5.74) is 0.502. The third-order valence-corrected chi connectivity index (χ3v) is 2.58. The van der Waals surface area contributed by atoms with Crippen molar-refractivity contribution in [3.8, 4) is 5.75 Å². The largest absolute Gasteiger partial charge is 0.496 e. The zero-order chi connectivity index (χ0) is 10.6. The van der Waals surface area contributed by atoms with Gasteiger partial charge in [-0.3, -0.25) is 0 Å². The molecule has 1 aromatic carbocycles. The Kier molecular flexibility index (Phi) is 3.83. The molecule has 1 aromatic rings. The zero-order valence-corrected chi connectivity index (χ0v) is 9.18. The van der Waals surface area contributed by atoms with Gasteiger partial charge in [0.2, 0.25) is 0 Å². The number of methoxy groups -OCH3 is 2. The first kappa shape index (κ1) is 10.9. The van der Waals surface area contributed by atoms with E-state index in [1.807, 2.05) is 12.3 Å². The van der Waals surface area contributed by atoms with Gasteiger partial charge in [0.15, 0.2) is 0 Å². The van der Waals surface area contributed by atoms with Crippen LogP contribution in [0.2, 0.25) is 0 Å². The number of ether oxygens (including phenoxy) is 2. The quantitative estimate of drug-likeness (QED) is 0.568. The molecule has 0 aromatic heterocycles. The summed E-state index contributed by atoms with van der Waals surface area (Å²) in [6, 6.07) is 5.24. The lowest BCUT2D eigenvalue weighted by Gasteiger charge is -2.07. The van der Waals surface area contributed by atoms with Crippen molar-refractivity contribution in [1.82, 2.24) is 0 Å². The number of rotatable bonds is 3. The van der Waals surface area contributed by atoms with Gasteiger partial charge in [-0.1, -0.05) is 0 Å². The highest BCUT2D eigenvalue weighted by molar-refractivity contribution is 7.98. The van der Waals surface area contributed by atoms with Gasteiger partial charge >= 0.3 is 5.97 Å². The van der Waals surface area contributed by atoms with Gasteiger partial charge < -0.3 is 9.47 Å². The highest BCUT2D eigenvalue weighted by Gasteiger charge is 2.09. The van der Waals surface area contributed by atoms with Crippen LogP contribution < -0.4 is 4.74 Å². The van der Waals surface area contributed by atoms with E-state index >= 15 is 0 Å². The van der Waals surface area contributed by atoms with E-state index in [4.69, 9.17) is 4.74 Å². The molecule has 0 saturated carbocycles. The summed E-state index contributed by atoms with van der Waals surface area (Å²) in [5, 5.41) is 0. The molecule has 76 valence electrons. The van der Waals surface area contributed by atoms with Crippen molar-refractivity contribution in [3.63, 3.8) is 0 Å². The van der Waals surface area contributed by atoms with Gasteiger partial charge in [-0.2, -0.15) is 0 Å². The minimum absolute atomic E-state index is 0.351. The molecule has 1 rings (SSSR count). The summed E-state index contributed by atoms with van der Waals surface area (Å²) in [7, 11) is 2.94. The molecule has 0 aliphatic carbocycles. The second-order valence-electron chi connectivity index (χ2n) is 2.56. The molecule has 0 bridgehead atoms. The molecule has 3 nitrogen and oxygen atoms in total. The second-order valence-corrected chi connectivity index (χ2v) is 3.41. The first-order valence-electron chi connectivity index (χ1n) is 4.03. The van der Waals surface area contributed by atoms with Crippen LogP contribution in [0.5, 0.6) is 5.75 Å². The molecular weight excluding hydrogens is 200 g/mol. The first-order chi connectivity index (χ1) is 6.72. The van der Waals surface area contributed by atoms with Gasteiger partial charge in [0.05, 0.1) is 19.8 Å². The van der Waals surface area contributed by atoms with Crippen LogP contribution in [-0.4, -0.2) is 26.4 Å². The molecule has 14 heavy (non-hydrogen) atoms. The highest BCUT2D eigenvalue weighted by atomic mass is 32.2. The second kappa shape index (κ2) is 4.91. The standard InChI is InChI=1S/C10H12O3S/c1-12-8-6-7(10(11)13-2)4-5-9(8)14-3/h4-6H,1-3H3. The molecule has 0 spiro atoms. The molecule has 0 saturated heterocycles. The molecule has 0 heterocycles. The topological polar surface area (TPSA) is 35.5 Å². The van der Waals surface area contributed by atoms with Gasteiger partial charge in [0.1, 0.15) is 5.75 Å². The predicted molar refractivity (Wildman–Crippen MR) is 56.1 cm³/mol. The molecule has 0 fully saturated rings. The van der Waals surface area contributed by atoms with Gasteiger partial charge in [-0.05, 0) is 24.5 Å². The number of hydrogen-bond acceptors (Lipinski definition) is 4. The van der Waals surface area contributed by atoms with Crippen molar-refractivity contribution in [2.75, 3.05) is 20.5 Å². The average Bonchev–Trinajstić information content (AvgIpc) is 2.26. The molecular formula is C10H12O3S. The Labute approximate surface area is 87.4 Å². The van der Waals surface area contributed by atoms with E-state index in [-0.39, 0.29) is 5.97 Å². The minimum Gasteiger partial charge on any atom is -0.496 e. The maximum Gasteiger partial charge on any atom is 0.337 e. The SMILES string of the molecule is COC(=O)c1ccc(SC)c(OC)c1. The van der Waals surface area contributed by atoms with E-state index in [2.05, 4.69) is 4.74 Å². The number of esters is 1. The van der Waals surface area contributed by atoms with E-state index in [9.17, 15) is 4.79 Å². The number of thioether (sulfide) groups is 1. The van der Waals surface area contributed by atoms with Crippen LogP contribution in [-0.2, 0) is 4.74 Å². The Hall–Kier alpha value is -1.16. The van der Waals surface area contributed by atoms with E-state index in [0.29, 0.717) is 11.3 Å². The normalized spacial score (nSPS) is 9.64. The Balaban J connectivity index is 3.07. The Morgan fingerprint density at radius 2 is 2.07 bits per heavy atom. The lowest BCUT2D eigenvalue weighted by molar-refractivity contribution is 0.0600. The molecule has 4 heteroatoms. The van der Waals surface area contributed by atoms with Gasteiger partial charge in [-0.25, -0.2) is 4.79 Å². The molecule has 0 amide bonds. The van der Waals surface area contributed by atoms with E-state index in [1.54, 1.807) is 31.0 Å². The van der Waals surface area contributed by atoms with Crippen molar-refractivity contribution in [1.29, 1.82) is 0 Å². The van der Waals surface area contributed by atoms with E-state index in [1.165, 1.54) is 7.11 Å². The summed E-state index contributed by atoms with van der Waals surface area (Å²) in [4.78, 5) is 12.2. The fourth-order valence-corrected chi connectivity index (χ4v) is 1.63. The summed E-state index contributed by atoms with van der Waals surface area (Å²) < 4.78 is 9.75.